The average Bonchev–Trinajstić information content (AvgIpc) is 2.64. The van der Waals surface area contributed by atoms with Gasteiger partial charge in [-0.05, 0) is 18.6 Å². The molecule has 1 rings (SSSR count). The molecule has 0 unspecified atom stereocenters. The van der Waals surface area contributed by atoms with Crippen molar-refractivity contribution in [2.75, 3.05) is 6.54 Å². The van der Waals surface area contributed by atoms with Gasteiger partial charge in [-0.3, -0.25) is 9.59 Å². The van der Waals surface area contributed by atoms with Crippen molar-refractivity contribution < 1.29 is 9.59 Å². The van der Waals surface area contributed by atoms with Gasteiger partial charge in [0.25, 0.3) is 0 Å². The van der Waals surface area contributed by atoms with E-state index >= 15 is 0 Å². The number of ketones is 2. The molecule has 0 radical (unpaired) electrons. The molecule has 0 atom stereocenters. The normalized spacial score (nSPS) is 14.0. The summed E-state index contributed by atoms with van der Waals surface area (Å²) in [5.41, 5.74) is 0.764. The first-order valence-electron chi connectivity index (χ1n) is 11.0. The largest absolute Gasteiger partial charge is 0.385 e. The highest BCUT2D eigenvalue weighted by Crippen LogP contribution is 2.13. The van der Waals surface area contributed by atoms with Crippen molar-refractivity contribution in [3.63, 3.8) is 0 Å². The van der Waals surface area contributed by atoms with Crippen molar-refractivity contribution in [2.45, 2.75) is 103 Å². The summed E-state index contributed by atoms with van der Waals surface area (Å²) in [5, 5.41) is 3.22. The zero-order valence-electron chi connectivity index (χ0n) is 16.9. The van der Waals surface area contributed by atoms with E-state index in [1.165, 1.54) is 102 Å². The topological polar surface area (TPSA) is 46.2 Å². The van der Waals surface area contributed by atoms with Gasteiger partial charge in [-0.15, -0.1) is 0 Å². The molecule has 0 aromatic rings. The first-order chi connectivity index (χ1) is 12.7. The third kappa shape index (κ3) is 12.1. The van der Waals surface area contributed by atoms with E-state index in [0.29, 0.717) is 0 Å². The fourth-order valence-corrected chi connectivity index (χ4v) is 3.35. The summed E-state index contributed by atoms with van der Waals surface area (Å²) in [6.45, 7) is 3.15. The predicted octanol–water partition coefficient (Wildman–Crippen LogP) is 6.04. The molecule has 0 saturated carbocycles. The zero-order chi connectivity index (χ0) is 18.9. The molecule has 1 aliphatic carbocycles. The Hall–Kier alpha value is -1.38. The molecule has 148 valence electrons. The molecule has 0 saturated heterocycles. The second-order valence-electron chi connectivity index (χ2n) is 7.54. The van der Waals surface area contributed by atoms with Crippen LogP contribution < -0.4 is 5.32 Å². The van der Waals surface area contributed by atoms with Gasteiger partial charge in [0.05, 0.1) is 0 Å². The summed E-state index contributed by atoms with van der Waals surface area (Å²) >= 11 is 0. The molecule has 3 heteroatoms. The molecule has 3 nitrogen and oxygen atoms in total. The van der Waals surface area contributed by atoms with Crippen LogP contribution in [0.2, 0.25) is 0 Å². The highest BCUT2D eigenvalue weighted by molar-refractivity contribution is 6.46. The van der Waals surface area contributed by atoms with Crippen LogP contribution in [0, 0.1) is 0 Å². The molecule has 0 spiro atoms. The molecule has 0 aromatic heterocycles. The van der Waals surface area contributed by atoms with Crippen LogP contribution in [-0.2, 0) is 9.59 Å². The molecule has 0 aliphatic heterocycles. The van der Waals surface area contributed by atoms with Gasteiger partial charge in [-0.25, -0.2) is 0 Å². The molecule has 0 fully saturated rings. The Morgan fingerprint density at radius 1 is 0.615 bits per heavy atom. The molecule has 26 heavy (non-hydrogen) atoms. The molecule has 0 heterocycles. The summed E-state index contributed by atoms with van der Waals surface area (Å²) in [6, 6.07) is 0. The number of carbonyl (C=O) groups excluding carboxylic acids is 2. The lowest BCUT2D eigenvalue weighted by molar-refractivity contribution is -0.131. The van der Waals surface area contributed by atoms with E-state index in [4.69, 9.17) is 0 Å². The molecule has 0 aromatic carbocycles. The number of nitrogens with one attached hydrogen (secondary N) is 1. The number of hydrogen-bond donors (Lipinski definition) is 1. The van der Waals surface area contributed by atoms with Crippen LogP contribution >= 0.6 is 0 Å². The van der Waals surface area contributed by atoms with Gasteiger partial charge in [0.15, 0.2) is 0 Å². The number of unbranched alkanes of at least 4 members (excludes halogenated alkanes) is 14. The lowest BCUT2D eigenvalue weighted by Crippen LogP contribution is -2.20. The Balaban J connectivity index is 1.77. The van der Waals surface area contributed by atoms with E-state index in [0.717, 1.165) is 18.7 Å². The van der Waals surface area contributed by atoms with E-state index in [1.807, 2.05) is 0 Å². The van der Waals surface area contributed by atoms with Gasteiger partial charge in [-0.1, -0.05) is 96.8 Å². The van der Waals surface area contributed by atoms with E-state index in [-0.39, 0.29) is 0 Å². The predicted molar refractivity (Wildman–Crippen MR) is 110 cm³/mol. The molecule has 0 amide bonds. The Labute approximate surface area is 160 Å². The summed E-state index contributed by atoms with van der Waals surface area (Å²) in [7, 11) is 0. The number of hydrogen-bond acceptors (Lipinski definition) is 3. The van der Waals surface area contributed by atoms with E-state index in [2.05, 4.69) is 12.2 Å². The van der Waals surface area contributed by atoms with Crippen LogP contribution in [0.5, 0.6) is 0 Å². The van der Waals surface area contributed by atoms with Crippen molar-refractivity contribution in [3.8, 4) is 0 Å². The van der Waals surface area contributed by atoms with Crippen molar-refractivity contribution in [2.24, 2.45) is 0 Å². The van der Waals surface area contributed by atoms with Crippen LogP contribution in [0.25, 0.3) is 0 Å². The minimum absolute atomic E-state index is 0.425. The van der Waals surface area contributed by atoms with Gasteiger partial charge in [0, 0.05) is 18.3 Å². The number of rotatable bonds is 17. The molecule has 1 N–H and O–H groups in total. The second-order valence-corrected chi connectivity index (χ2v) is 7.54. The third-order valence-electron chi connectivity index (χ3n) is 5.05. The van der Waals surface area contributed by atoms with Crippen LogP contribution in [0.4, 0.5) is 0 Å². The SMILES string of the molecule is CCCCCCCCCCCCCCCCCNC1=CC(=O)C(=O)C=C1. The second kappa shape index (κ2) is 15.8. The zero-order valence-corrected chi connectivity index (χ0v) is 16.9. The summed E-state index contributed by atoms with van der Waals surface area (Å²) in [6.07, 6.45) is 24.9. The molecular formula is C23H39NO2. The Kier molecular flexibility index (Phi) is 13.8. The van der Waals surface area contributed by atoms with Gasteiger partial charge in [0.1, 0.15) is 0 Å². The van der Waals surface area contributed by atoms with Gasteiger partial charge >= 0.3 is 0 Å². The maximum absolute atomic E-state index is 11.3. The standard InChI is InChI=1S/C23H39NO2/c1-2-3-4-5-6-7-8-9-10-11-12-13-14-15-16-19-24-21-17-18-22(25)23(26)20-21/h17-18,20,24H,2-16,19H2,1H3. The first kappa shape index (κ1) is 22.7. The average molecular weight is 362 g/mol. The number of carbonyl (C=O) groups is 2. The van der Waals surface area contributed by atoms with Crippen LogP contribution in [-0.4, -0.2) is 18.1 Å². The van der Waals surface area contributed by atoms with Crippen molar-refractivity contribution in [1.29, 1.82) is 0 Å². The Morgan fingerprint density at radius 2 is 1.08 bits per heavy atom. The lowest BCUT2D eigenvalue weighted by Gasteiger charge is -2.09. The van der Waals surface area contributed by atoms with Crippen molar-refractivity contribution in [3.05, 3.63) is 23.9 Å². The quantitative estimate of drug-likeness (QED) is 0.195. The van der Waals surface area contributed by atoms with Gasteiger partial charge < -0.3 is 5.32 Å². The molecular weight excluding hydrogens is 322 g/mol. The molecule has 1 aliphatic rings. The van der Waals surface area contributed by atoms with Crippen molar-refractivity contribution >= 4 is 11.6 Å². The Bertz CT molecular complexity index is 451. The lowest BCUT2D eigenvalue weighted by atomic mass is 10.0. The highest BCUT2D eigenvalue weighted by atomic mass is 16.2. The Morgan fingerprint density at radius 3 is 1.54 bits per heavy atom. The summed E-state index contributed by atoms with van der Waals surface area (Å²) < 4.78 is 0. The number of allylic oxidation sites excluding steroid dienone is 3. The maximum atomic E-state index is 11.3. The highest BCUT2D eigenvalue weighted by Gasteiger charge is 2.12. The van der Waals surface area contributed by atoms with E-state index in [1.54, 1.807) is 6.08 Å². The van der Waals surface area contributed by atoms with Crippen molar-refractivity contribution in [1.82, 2.24) is 5.32 Å². The summed E-state index contributed by atoms with van der Waals surface area (Å²) in [4.78, 5) is 22.3. The molecule has 0 bridgehead atoms. The smallest absolute Gasteiger partial charge is 0.227 e. The van der Waals surface area contributed by atoms with Crippen LogP contribution in [0.3, 0.4) is 0 Å². The van der Waals surface area contributed by atoms with Crippen LogP contribution in [0.1, 0.15) is 103 Å². The maximum Gasteiger partial charge on any atom is 0.227 e. The monoisotopic (exact) mass is 361 g/mol. The minimum atomic E-state index is -0.428. The van der Waals surface area contributed by atoms with Crippen LogP contribution in [0.15, 0.2) is 23.9 Å². The summed E-state index contributed by atoms with van der Waals surface area (Å²) in [5.74, 6) is -0.853. The van der Waals surface area contributed by atoms with Gasteiger partial charge in [-0.2, -0.15) is 0 Å². The van der Waals surface area contributed by atoms with E-state index in [9.17, 15) is 9.59 Å². The fourth-order valence-electron chi connectivity index (χ4n) is 3.35. The van der Waals surface area contributed by atoms with Gasteiger partial charge in [0.2, 0.25) is 11.6 Å². The fraction of sp³-hybridized carbons (Fsp3) is 0.739. The third-order valence-corrected chi connectivity index (χ3v) is 5.05. The van der Waals surface area contributed by atoms with E-state index < -0.39 is 11.6 Å². The first-order valence-corrected chi connectivity index (χ1v) is 11.0. The minimum Gasteiger partial charge on any atom is -0.385 e.